The standard InChI is InChI=1S/C29H26INO2/c1-33-28(32)27(21-22-17-19-26(30)20-18-22)31-29(23-11-5-2-6-12-23,24-13-7-3-8-14-24)25-15-9-4-10-16-25/h2-20,27,31H,21H2,1H3/t27-/m0/s1. The maximum absolute atomic E-state index is 13.1. The van der Waals surface area contributed by atoms with E-state index in [1.54, 1.807) is 0 Å². The first-order valence-electron chi connectivity index (χ1n) is 10.9. The number of nitrogens with one attached hydrogen (secondary N) is 1. The molecule has 33 heavy (non-hydrogen) atoms. The number of ether oxygens (including phenoxy) is 1. The molecule has 1 atom stereocenters. The van der Waals surface area contributed by atoms with Gasteiger partial charge in [0.15, 0.2) is 0 Å². The Balaban J connectivity index is 1.89. The second-order valence-corrected chi connectivity index (χ2v) is 9.14. The van der Waals surface area contributed by atoms with Gasteiger partial charge in [-0.3, -0.25) is 10.1 Å². The fourth-order valence-corrected chi connectivity index (χ4v) is 4.63. The predicted molar refractivity (Wildman–Crippen MR) is 141 cm³/mol. The third-order valence-corrected chi connectivity index (χ3v) is 6.57. The van der Waals surface area contributed by atoms with E-state index in [0.717, 1.165) is 25.8 Å². The number of esters is 1. The van der Waals surface area contributed by atoms with E-state index in [9.17, 15) is 4.79 Å². The molecule has 166 valence electrons. The molecule has 0 radical (unpaired) electrons. The van der Waals surface area contributed by atoms with Crippen LogP contribution in [0.25, 0.3) is 0 Å². The number of hydrogen-bond acceptors (Lipinski definition) is 3. The Morgan fingerprint density at radius 1 is 0.758 bits per heavy atom. The maximum Gasteiger partial charge on any atom is 0.323 e. The van der Waals surface area contributed by atoms with Gasteiger partial charge in [0.25, 0.3) is 0 Å². The van der Waals surface area contributed by atoms with Gasteiger partial charge in [-0.15, -0.1) is 0 Å². The number of hydrogen-bond donors (Lipinski definition) is 1. The average Bonchev–Trinajstić information content (AvgIpc) is 2.89. The number of halogens is 1. The Morgan fingerprint density at radius 2 is 1.18 bits per heavy atom. The molecule has 1 N–H and O–H groups in total. The quantitative estimate of drug-likeness (QED) is 0.168. The van der Waals surface area contributed by atoms with Crippen LogP contribution in [0, 0.1) is 3.57 Å². The first kappa shape index (κ1) is 23.2. The lowest BCUT2D eigenvalue weighted by atomic mass is 9.76. The fourth-order valence-electron chi connectivity index (χ4n) is 4.27. The van der Waals surface area contributed by atoms with Gasteiger partial charge < -0.3 is 4.74 Å². The highest BCUT2D eigenvalue weighted by Crippen LogP contribution is 2.37. The zero-order valence-electron chi connectivity index (χ0n) is 18.4. The van der Waals surface area contributed by atoms with Gasteiger partial charge in [0.05, 0.1) is 12.6 Å². The molecule has 4 heteroatoms. The second kappa shape index (κ2) is 10.8. The van der Waals surface area contributed by atoms with Crippen LogP contribution in [0.3, 0.4) is 0 Å². The highest BCUT2D eigenvalue weighted by molar-refractivity contribution is 14.1. The van der Waals surface area contributed by atoms with Crippen LogP contribution in [0.2, 0.25) is 0 Å². The van der Waals surface area contributed by atoms with E-state index in [1.807, 2.05) is 54.6 Å². The lowest BCUT2D eigenvalue weighted by Crippen LogP contribution is -2.53. The molecule has 3 nitrogen and oxygen atoms in total. The lowest BCUT2D eigenvalue weighted by molar-refractivity contribution is -0.143. The molecule has 0 aromatic heterocycles. The molecule has 0 saturated carbocycles. The van der Waals surface area contributed by atoms with Crippen LogP contribution in [0.4, 0.5) is 0 Å². The molecule has 0 spiro atoms. The number of methoxy groups -OCH3 is 1. The fraction of sp³-hybridized carbons (Fsp3) is 0.138. The minimum Gasteiger partial charge on any atom is -0.468 e. The van der Waals surface area contributed by atoms with E-state index >= 15 is 0 Å². The Morgan fingerprint density at radius 3 is 1.58 bits per heavy atom. The summed E-state index contributed by atoms with van der Waals surface area (Å²) in [5.41, 5.74) is 3.49. The molecule has 0 heterocycles. The summed E-state index contributed by atoms with van der Waals surface area (Å²) in [6, 6.07) is 38.5. The van der Waals surface area contributed by atoms with E-state index < -0.39 is 11.6 Å². The van der Waals surface area contributed by atoms with Crippen LogP contribution < -0.4 is 5.32 Å². The SMILES string of the molecule is COC(=O)[C@H](Cc1ccc(I)cc1)NC(c1ccccc1)(c1ccccc1)c1ccccc1. The van der Waals surface area contributed by atoms with Crippen molar-refractivity contribution in [2.45, 2.75) is 18.0 Å². The van der Waals surface area contributed by atoms with Crippen molar-refractivity contribution in [2.75, 3.05) is 7.11 Å². The van der Waals surface area contributed by atoms with Gasteiger partial charge in [0.2, 0.25) is 0 Å². The van der Waals surface area contributed by atoms with Gasteiger partial charge >= 0.3 is 5.97 Å². The summed E-state index contributed by atoms with van der Waals surface area (Å²) in [5.74, 6) is -0.291. The summed E-state index contributed by atoms with van der Waals surface area (Å²) >= 11 is 2.29. The van der Waals surface area contributed by atoms with Crippen molar-refractivity contribution in [3.63, 3.8) is 0 Å². The van der Waals surface area contributed by atoms with Gasteiger partial charge in [-0.1, -0.05) is 103 Å². The first-order chi connectivity index (χ1) is 16.1. The molecule has 0 saturated heterocycles. The normalized spacial score (nSPS) is 12.2. The van der Waals surface area contributed by atoms with Crippen molar-refractivity contribution in [2.24, 2.45) is 0 Å². The molecular formula is C29H26INO2. The van der Waals surface area contributed by atoms with Gasteiger partial charge in [0.1, 0.15) is 6.04 Å². The van der Waals surface area contributed by atoms with Crippen LogP contribution in [0.15, 0.2) is 115 Å². The molecular weight excluding hydrogens is 521 g/mol. The van der Waals surface area contributed by atoms with Gasteiger partial charge in [-0.25, -0.2) is 0 Å². The summed E-state index contributed by atoms with van der Waals surface area (Å²) in [4.78, 5) is 13.1. The second-order valence-electron chi connectivity index (χ2n) is 7.90. The van der Waals surface area contributed by atoms with Crippen LogP contribution in [-0.2, 0) is 21.5 Å². The van der Waals surface area contributed by atoms with Crippen LogP contribution in [0.5, 0.6) is 0 Å². The third kappa shape index (κ3) is 5.18. The minimum absolute atomic E-state index is 0.291. The Hall–Kier alpha value is -2.96. The third-order valence-electron chi connectivity index (χ3n) is 5.85. The zero-order valence-corrected chi connectivity index (χ0v) is 20.6. The van der Waals surface area contributed by atoms with Crippen molar-refractivity contribution in [1.82, 2.24) is 5.32 Å². The monoisotopic (exact) mass is 547 g/mol. The largest absolute Gasteiger partial charge is 0.468 e. The van der Waals surface area contributed by atoms with E-state index in [1.165, 1.54) is 7.11 Å². The number of carbonyl (C=O) groups is 1. The molecule has 0 bridgehead atoms. The Labute approximate surface area is 209 Å². The lowest BCUT2D eigenvalue weighted by Gasteiger charge is -2.39. The highest BCUT2D eigenvalue weighted by atomic mass is 127. The number of rotatable bonds is 8. The van der Waals surface area contributed by atoms with Gasteiger partial charge in [-0.05, 0) is 63.4 Å². The van der Waals surface area contributed by atoms with Crippen molar-refractivity contribution < 1.29 is 9.53 Å². The highest BCUT2D eigenvalue weighted by Gasteiger charge is 2.40. The summed E-state index contributed by atoms with van der Waals surface area (Å²) in [6.45, 7) is 0. The molecule has 4 rings (SSSR count). The Bertz CT molecular complexity index is 1070. The topological polar surface area (TPSA) is 38.3 Å². The molecule has 0 unspecified atom stereocenters. The molecule has 0 fully saturated rings. The molecule has 0 amide bonds. The van der Waals surface area contributed by atoms with Gasteiger partial charge in [-0.2, -0.15) is 0 Å². The van der Waals surface area contributed by atoms with Gasteiger partial charge in [0, 0.05) is 3.57 Å². The molecule has 4 aromatic carbocycles. The van der Waals surface area contributed by atoms with E-state index in [-0.39, 0.29) is 5.97 Å². The molecule has 0 aliphatic heterocycles. The van der Waals surface area contributed by atoms with Crippen molar-refractivity contribution in [1.29, 1.82) is 0 Å². The van der Waals surface area contributed by atoms with Crippen LogP contribution >= 0.6 is 22.6 Å². The zero-order chi connectivity index (χ0) is 23.1. The van der Waals surface area contributed by atoms with Crippen molar-refractivity contribution >= 4 is 28.6 Å². The number of carbonyl (C=O) groups excluding carboxylic acids is 1. The minimum atomic E-state index is -0.744. The molecule has 4 aromatic rings. The van der Waals surface area contributed by atoms with E-state index in [2.05, 4.69) is 88.6 Å². The first-order valence-corrected chi connectivity index (χ1v) is 12.0. The maximum atomic E-state index is 13.1. The average molecular weight is 547 g/mol. The summed E-state index contributed by atoms with van der Waals surface area (Å²) in [6.07, 6.45) is 0.512. The summed E-state index contributed by atoms with van der Waals surface area (Å²) < 4.78 is 6.42. The van der Waals surface area contributed by atoms with Crippen LogP contribution in [0.1, 0.15) is 22.3 Å². The summed E-state index contributed by atoms with van der Waals surface area (Å²) in [7, 11) is 1.44. The predicted octanol–water partition coefficient (Wildman–Crippen LogP) is 5.96. The number of benzene rings is 4. The summed E-state index contributed by atoms with van der Waals surface area (Å²) in [5, 5.41) is 3.75. The Kier molecular flexibility index (Phi) is 7.57. The molecule has 0 aliphatic rings. The van der Waals surface area contributed by atoms with Crippen molar-refractivity contribution in [3.05, 3.63) is 141 Å². The van der Waals surface area contributed by atoms with Crippen LogP contribution in [-0.4, -0.2) is 19.1 Å². The molecule has 0 aliphatic carbocycles. The van der Waals surface area contributed by atoms with E-state index in [0.29, 0.717) is 6.42 Å². The van der Waals surface area contributed by atoms with Crippen molar-refractivity contribution in [3.8, 4) is 0 Å². The smallest absolute Gasteiger partial charge is 0.323 e. The van der Waals surface area contributed by atoms with E-state index in [4.69, 9.17) is 4.74 Å².